The van der Waals surface area contributed by atoms with E-state index in [4.69, 9.17) is 0 Å². The van der Waals surface area contributed by atoms with Crippen LogP contribution in [-0.2, 0) is 0 Å². The zero-order valence-electron chi connectivity index (χ0n) is 16.5. The van der Waals surface area contributed by atoms with Gasteiger partial charge in [0.2, 0.25) is 0 Å². The van der Waals surface area contributed by atoms with Gasteiger partial charge in [0, 0.05) is 36.3 Å². The van der Waals surface area contributed by atoms with E-state index >= 15 is 0 Å². The molecule has 150 valence electrons. The lowest BCUT2D eigenvalue weighted by molar-refractivity contribution is 0.0704. The summed E-state index contributed by atoms with van der Waals surface area (Å²) >= 11 is 0. The van der Waals surface area contributed by atoms with Crippen molar-refractivity contribution in [2.75, 3.05) is 13.1 Å². The molecule has 0 atom stereocenters. The monoisotopic (exact) mass is 398 g/mol. The number of rotatable bonds is 3. The zero-order chi connectivity index (χ0) is 20.5. The van der Waals surface area contributed by atoms with Crippen molar-refractivity contribution in [1.82, 2.24) is 19.7 Å². The maximum atomic E-state index is 13.0. The first kappa shape index (κ1) is 18.4. The summed E-state index contributed by atoms with van der Waals surface area (Å²) in [5, 5.41) is 5.55. The number of amides is 1. The van der Waals surface area contributed by atoms with E-state index in [1.54, 1.807) is 12.1 Å². The lowest BCUT2D eigenvalue weighted by Gasteiger charge is -2.31. The summed E-state index contributed by atoms with van der Waals surface area (Å²) in [5.74, 6) is 0.280. The number of benzene rings is 2. The second kappa shape index (κ2) is 7.63. The number of hydrogen-bond acceptors (Lipinski definition) is 3. The number of aromatic nitrogens is 3. The normalized spacial score (nSPS) is 14.9. The maximum Gasteiger partial charge on any atom is 0.274 e. The van der Waals surface area contributed by atoms with Crippen molar-refractivity contribution < 1.29 is 4.79 Å². The third-order valence-corrected chi connectivity index (χ3v) is 5.79. The van der Waals surface area contributed by atoms with Crippen molar-refractivity contribution in [2.45, 2.75) is 18.8 Å². The summed E-state index contributed by atoms with van der Waals surface area (Å²) < 4.78 is 1.28. The third kappa shape index (κ3) is 3.41. The first-order valence-electron chi connectivity index (χ1n) is 10.2. The second-order valence-corrected chi connectivity index (χ2v) is 7.68. The molecule has 0 saturated carbocycles. The number of H-pyrrole nitrogens is 1. The number of piperidine rings is 1. The van der Waals surface area contributed by atoms with Crippen molar-refractivity contribution in [2.24, 2.45) is 0 Å². The van der Waals surface area contributed by atoms with Crippen molar-refractivity contribution in [1.29, 1.82) is 0 Å². The summed E-state index contributed by atoms with van der Waals surface area (Å²) in [6, 6.07) is 22.6. The molecule has 2 aromatic carbocycles. The molecule has 0 spiro atoms. The van der Waals surface area contributed by atoms with Crippen LogP contribution in [-0.4, -0.2) is 38.7 Å². The molecule has 3 heterocycles. The van der Waals surface area contributed by atoms with Gasteiger partial charge in [-0.2, -0.15) is 9.78 Å². The fourth-order valence-electron chi connectivity index (χ4n) is 4.15. The highest BCUT2D eigenvalue weighted by molar-refractivity contribution is 5.92. The number of carbonyl (C=O) groups excluding carboxylic acids is 1. The Labute approximate surface area is 173 Å². The Morgan fingerprint density at radius 1 is 0.933 bits per heavy atom. The standard InChI is InChI=1S/C24H22N4O2/c29-23-11-10-21(26-28(23)19-7-2-1-3-8-19)24(30)27-14-12-17(13-15-27)22-16-18-6-4-5-9-20(18)25-22/h1-11,16-17,25H,12-15H2. The number of likely N-dealkylation sites (tertiary alicyclic amines) is 1. The average molecular weight is 398 g/mol. The van der Waals surface area contributed by atoms with E-state index in [9.17, 15) is 9.59 Å². The van der Waals surface area contributed by atoms with Gasteiger partial charge in [0.25, 0.3) is 11.5 Å². The highest BCUT2D eigenvalue weighted by Gasteiger charge is 2.26. The Bertz CT molecular complexity index is 1220. The number of carbonyl (C=O) groups is 1. The Morgan fingerprint density at radius 3 is 2.43 bits per heavy atom. The van der Waals surface area contributed by atoms with Crippen LogP contribution >= 0.6 is 0 Å². The minimum Gasteiger partial charge on any atom is -0.358 e. The average Bonchev–Trinajstić information content (AvgIpc) is 3.24. The Balaban J connectivity index is 1.32. The third-order valence-electron chi connectivity index (χ3n) is 5.79. The van der Waals surface area contributed by atoms with E-state index in [0.29, 0.717) is 30.4 Å². The van der Waals surface area contributed by atoms with E-state index in [0.717, 1.165) is 18.4 Å². The molecular formula is C24H22N4O2. The summed E-state index contributed by atoms with van der Waals surface area (Å²) in [6.07, 6.45) is 1.80. The van der Waals surface area contributed by atoms with Crippen LogP contribution in [0.25, 0.3) is 16.6 Å². The van der Waals surface area contributed by atoms with E-state index in [1.807, 2.05) is 35.2 Å². The Hall–Kier alpha value is -3.67. The topological polar surface area (TPSA) is 71.0 Å². The van der Waals surface area contributed by atoms with Crippen molar-refractivity contribution in [3.63, 3.8) is 0 Å². The summed E-state index contributed by atoms with van der Waals surface area (Å²) in [7, 11) is 0. The smallest absolute Gasteiger partial charge is 0.274 e. The molecule has 2 aromatic heterocycles. The van der Waals surface area contributed by atoms with Gasteiger partial charge in [0.1, 0.15) is 5.69 Å². The molecule has 0 bridgehead atoms. The number of aromatic amines is 1. The van der Waals surface area contributed by atoms with E-state index < -0.39 is 0 Å². The van der Waals surface area contributed by atoms with Gasteiger partial charge in [0.15, 0.2) is 0 Å². The van der Waals surface area contributed by atoms with Crippen molar-refractivity contribution in [3.05, 3.63) is 94.5 Å². The minimum atomic E-state index is -0.254. The number of nitrogens with one attached hydrogen (secondary N) is 1. The van der Waals surface area contributed by atoms with Crippen LogP contribution in [0.2, 0.25) is 0 Å². The molecule has 1 amide bonds. The van der Waals surface area contributed by atoms with E-state index in [2.05, 4.69) is 28.3 Å². The van der Waals surface area contributed by atoms with Gasteiger partial charge in [0.05, 0.1) is 5.69 Å². The molecule has 1 N–H and O–H groups in total. The molecule has 0 aliphatic carbocycles. The van der Waals surface area contributed by atoms with E-state index in [-0.39, 0.29) is 11.5 Å². The van der Waals surface area contributed by atoms with Gasteiger partial charge < -0.3 is 9.88 Å². The lowest BCUT2D eigenvalue weighted by Crippen LogP contribution is -2.39. The van der Waals surface area contributed by atoms with Crippen LogP contribution < -0.4 is 5.56 Å². The van der Waals surface area contributed by atoms with E-state index in [1.165, 1.54) is 27.9 Å². The molecule has 1 saturated heterocycles. The molecule has 6 heteroatoms. The summed E-state index contributed by atoms with van der Waals surface area (Å²) in [5.41, 5.74) is 3.07. The van der Waals surface area contributed by atoms with Crippen LogP contribution in [0.4, 0.5) is 0 Å². The number of para-hydroxylation sites is 2. The number of hydrogen-bond donors (Lipinski definition) is 1. The lowest BCUT2D eigenvalue weighted by atomic mass is 9.93. The SMILES string of the molecule is O=C(c1ccc(=O)n(-c2ccccc2)n1)N1CCC(c2cc3ccccc3[nH]2)CC1. The van der Waals surface area contributed by atoms with Crippen LogP contribution in [0.1, 0.15) is 34.9 Å². The molecule has 4 aromatic rings. The quantitative estimate of drug-likeness (QED) is 0.572. The molecular weight excluding hydrogens is 376 g/mol. The highest BCUT2D eigenvalue weighted by atomic mass is 16.2. The van der Waals surface area contributed by atoms with Crippen LogP contribution in [0.5, 0.6) is 0 Å². The van der Waals surface area contributed by atoms with Gasteiger partial charge in [-0.15, -0.1) is 0 Å². The first-order valence-corrected chi connectivity index (χ1v) is 10.2. The molecule has 1 aliphatic rings. The first-order chi connectivity index (χ1) is 14.7. The van der Waals surface area contributed by atoms with Gasteiger partial charge in [-0.1, -0.05) is 36.4 Å². The minimum absolute atomic E-state index is 0.130. The van der Waals surface area contributed by atoms with Gasteiger partial charge in [-0.25, -0.2) is 0 Å². The number of fused-ring (bicyclic) bond motifs is 1. The Kier molecular flexibility index (Phi) is 4.67. The molecule has 5 rings (SSSR count). The molecule has 0 radical (unpaired) electrons. The van der Waals surface area contributed by atoms with Gasteiger partial charge in [-0.05, 0) is 48.6 Å². The largest absolute Gasteiger partial charge is 0.358 e. The van der Waals surface area contributed by atoms with Crippen LogP contribution in [0, 0.1) is 0 Å². The van der Waals surface area contributed by atoms with Crippen LogP contribution in [0.3, 0.4) is 0 Å². The molecule has 0 unspecified atom stereocenters. The highest BCUT2D eigenvalue weighted by Crippen LogP contribution is 2.30. The molecule has 1 fully saturated rings. The Morgan fingerprint density at radius 2 is 1.67 bits per heavy atom. The predicted molar refractivity (Wildman–Crippen MR) is 116 cm³/mol. The van der Waals surface area contributed by atoms with Crippen LogP contribution in [0.15, 0.2) is 77.6 Å². The molecule has 30 heavy (non-hydrogen) atoms. The molecule has 6 nitrogen and oxygen atoms in total. The fourth-order valence-corrected chi connectivity index (χ4v) is 4.15. The molecule has 1 aliphatic heterocycles. The fraction of sp³-hybridized carbons (Fsp3) is 0.208. The summed E-state index contributed by atoms with van der Waals surface area (Å²) in [6.45, 7) is 1.34. The van der Waals surface area contributed by atoms with Crippen molar-refractivity contribution >= 4 is 16.8 Å². The summed E-state index contributed by atoms with van der Waals surface area (Å²) in [4.78, 5) is 30.6. The maximum absolute atomic E-state index is 13.0. The number of nitrogens with zero attached hydrogens (tertiary/aromatic N) is 3. The van der Waals surface area contributed by atoms with Gasteiger partial charge >= 0.3 is 0 Å². The predicted octanol–water partition coefficient (Wildman–Crippen LogP) is 3.73. The van der Waals surface area contributed by atoms with Crippen molar-refractivity contribution in [3.8, 4) is 5.69 Å². The second-order valence-electron chi connectivity index (χ2n) is 7.68. The zero-order valence-corrected chi connectivity index (χ0v) is 16.5. The van der Waals surface area contributed by atoms with Gasteiger partial charge in [-0.3, -0.25) is 9.59 Å².